The van der Waals surface area contributed by atoms with Gasteiger partial charge in [-0.3, -0.25) is 4.90 Å². The molecule has 0 N–H and O–H groups in total. The third-order valence-corrected chi connectivity index (χ3v) is 4.81. The van der Waals surface area contributed by atoms with Crippen molar-refractivity contribution >= 4 is 0 Å². The van der Waals surface area contributed by atoms with E-state index in [1.807, 2.05) is 0 Å². The van der Waals surface area contributed by atoms with Crippen LogP contribution in [0.15, 0.2) is 12.4 Å². The quantitative estimate of drug-likeness (QED) is 0.830. The third kappa shape index (κ3) is 3.28. The molecular formula is C15H20F3N3O2. The average molecular weight is 331 g/mol. The Labute approximate surface area is 132 Å². The Bertz CT molecular complexity index is 538. The van der Waals surface area contributed by atoms with E-state index in [2.05, 4.69) is 14.9 Å². The fourth-order valence-corrected chi connectivity index (χ4v) is 3.77. The van der Waals surface area contributed by atoms with Gasteiger partial charge in [0.15, 0.2) is 0 Å². The molecule has 0 radical (unpaired) electrons. The lowest BCUT2D eigenvalue weighted by molar-refractivity contribution is -0.138. The topological polar surface area (TPSA) is 47.5 Å². The molecule has 8 heteroatoms. The van der Waals surface area contributed by atoms with Gasteiger partial charge < -0.3 is 9.47 Å². The summed E-state index contributed by atoms with van der Waals surface area (Å²) in [6.45, 7) is 2.10. The molecule has 2 unspecified atom stereocenters. The maximum absolute atomic E-state index is 12.5. The van der Waals surface area contributed by atoms with Crippen LogP contribution in [0.3, 0.4) is 0 Å². The molecule has 2 aliphatic heterocycles. The number of fused-ring (bicyclic) bond motifs is 1. The van der Waals surface area contributed by atoms with Crippen LogP contribution in [0.25, 0.3) is 0 Å². The number of hydrogen-bond donors (Lipinski definition) is 0. The first-order valence-corrected chi connectivity index (χ1v) is 7.72. The van der Waals surface area contributed by atoms with E-state index >= 15 is 0 Å². The molecule has 0 saturated carbocycles. The summed E-state index contributed by atoms with van der Waals surface area (Å²) < 4.78 is 48.3. The Morgan fingerprint density at radius 2 is 2.04 bits per heavy atom. The zero-order chi connectivity index (χ0) is 16.5. The maximum atomic E-state index is 12.5. The van der Waals surface area contributed by atoms with Crippen molar-refractivity contribution in [2.75, 3.05) is 26.9 Å². The molecule has 3 rings (SSSR count). The monoisotopic (exact) mass is 331 g/mol. The Kier molecular flexibility index (Phi) is 4.46. The second-order valence-electron chi connectivity index (χ2n) is 6.21. The average Bonchev–Trinajstić information content (AvgIpc) is 3.04. The molecule has 2 aliphatic rings. The summed E-state index contributed by atoms with van der Waals surface area (Å²) >= 11 is 0. The molecule has 2 atom stereocenters. The van der Waals surface area contributed by atoms with Gasteiger partial charge in [-0.2, -0.15) is 13.2 Å². The first-order chi connectivity index (χ1) is 10.9. The van der Waals surface area contributed by atoms with Crippen LogP contribution in [-0.4, -0.2) is 53.3 Å². The molecule has 1 aromatic heterocycles. The summed E-state index contributed by atoms with van der Waals surface area (Å²) in [5.41, 5.74) is -0.770. The van der Waals surface area contributed by atoms with Crippen molar-refractivity contribution in [1.29, 1.82) is 0 Å². The minimum absolute atomic E-state index is 0.0126. The van der Waals surface area contributed by atoms with E-state index in [0.29, 0.717) is 13.2 Å². The first-order valence-electron chi connectivity index (χ1n) is 7.72. The predicted octanol–water partition coefficient (Wildman–Crippen LogP) is 2.52. The normalized spacial score (nSPS) is 28.1. The number of rotatable bonds is 5. The molecule has 5 nitrogen and oxygen atoms in total. The molecule has 23 heavy (non-hydrogen) atoms. The van der Waals surface area contributed by atoms with Crippen LogP contribution >= 0.6 is 0 Å². The first kappa shape index (κ1) is 16.4. The van der Waals surface area contributed by atoms with Crippen molar-refractivity contribution in [3.05, 3.63) is 18.0 Å². The number of halogens is 3. The molecule has 2 fully saturated rings. The molecule has 2 saturated heterocycles. The van der Waals surface area contributed by atoms with E-state index in [-0.39, 0.29) is 17.6 Å². The van der Waals surface area contributed by atoms with Gasteiger partial charge in [-0.15, -0.1) is 0 Å². The molecular weight excluding hydrogens is 311 g/mol. The van der Waals surface area contributed by atoms with Crippen LogP contribution in [0.5, 0.6) is 6.01 Å². The summed E-state index contributed by atoms with van der Waals surface area (Å²) in [6, 6.07) is 0.222. The maximum Gasteiger partial charge on any atom is 0.419 e. The van der Waals surface area contributed by atoms with E-state index in [4.69, 9.17) is 9.47 Å². The van der Waals surface area contributed by atoms with E-state index in [0.717, 1.165) is 44.6 Å². The van der Waals surface area contributed by atoms with Gasteiger partial charge in [-0.1, -0.05) is 0 Å². The summed E-state index contributed by atoms with van der Waals surface area (Å²) in [5, 5.41) is 0. The predicted molar refractivity (Wildman–Crippen MR) is 76.1 cm³/mol. The van der Waals surface area contributed by atoms with Crippen molar-refractivity contribution in [2.24, 2.45) is 0 Å². The fraction of sp³-hybridized carbons (Fsp3) is 0.733. The van der Waals surface area contributed by atoms with E-state index in [9.17, 15) is 13.2 Å². The summed E-state index contributed by atoms with van der Waals surface area (Å²) in [5.74, 6) is 0. The highest BCUT2D eigenvalue weighted by Crippen LogP contribution is 2.42. The van der Waals surface area contributed by atoms with E-state index in [1.54, 1.807) is 7.11 Å². The molecule has 128 valence electrons. The van der Waals surface area contributed by atoms with Gasteiger partial charge in [0.25, 0.3) is 0 Å². The summed E-state index contributed by atoms with van der Waals surface area (Å²) in [7, 11) is 1.71. The number of ether oxygens (including phenoxy) is 2. The van der Waals surface area contributed by atoms with Crippen molar-refractivity contribution in [2.45, 2.75) is 43.4 Å². The van der Waals surface area contributed by atoms with Crippen LogP contribution in [-0.2, 0) is 10.9 Å². The minimum atomic E-state index is -4.43. The lowest BCUT2D eigenvalue weighted by Gasteiger charge is -2.34. The SMILES string of the molecule is COCC12CCCN1C(COc1ncc(C(F)(F)F)cn1)CC2. The van der Waals surface area contributed by atoms with Crippen LogP contribution in [0.2, 0.25) is 0 Å². The van der Waals surface area contributed by atoms with Crippen LogP contribution in [0.1, 0.15) is 31.2 Å². The van der Waals surface area contributed by atoms with Crippen molar-refractivity contribution < 1.29 is 22.6 Å². The van der Waals surface area contributed by atoms with Crippen molar-refractivity contribution in [1.82, 2.24) is 14.9 Å². The minimum Gasteiger partial charge on any atom is -0.462 e. The van der Waals surface area contributed by atoms with Gasteiger partial charge in [0.2, 0.25) is 0 Å². The Balaban J connectivity index is 1.59. The lowest BCUT2D eigenvalue weighted by atomic mass is 9.95. The van der Waals surface area contributed by atoms with Crippen LogP contribution in [0, 0.1) is 0 Å². The van der Waals surface area contributed by atoms with Crippen LogP contribution < -0.4 is 4.74 Å². The van der Waals surface area contributed by atoms with Gasteiger partial charge >= 0.3 is 12.2 Å². The molecule has 0 amide bonds. The highest BCUT2D eigenvalue weighted by Gasteiger charge is 2.49. The number of hydrogen-bond acceptors (Lipinski definition) is 5. The Morgan fingerprint density at radius 1 is 1.30 bits per heavy atom. The van der Waals surface area contributed by atoms with Crippen LogP contribution in [0.4, 0.5) is 13.2 Å². The molecule has 0 bridgehead atoms. The lowest BCUT2D eigenvalue weighted by Crippen LogP contribution is -2.47. The molecule has 1 aromatic rings. The van der Waals surface area contributed by atoms with E-state index < -0.39 is 11.7 Å². The number of alkyl halides is 3. The highest BCUT2D eigenvalue weighted by atomic mass is 19.4. The third-order valence-electron chi connectivity index (χ3n) is 4.81. The molecule has 0 aliphatic carbocycles. The summed E-state index contributed by atoms with van der Waals surface area (Å²) in [4.78, 5) is 9.71. The Morgan fingerprint density at radius 3 is 2.70 bits per heavy atom. The van der Waals surface area contributed by atoms with Gasteiger partial charge in [0.1, 0.15) is 6.61 Å². The summed E-state index contributed by atoms with van der Waals surface area (Å²) in [6.07, 6.45) is 1.38. The largest absolute Gasteiger partial charge is 0.462 e. The standard InChI is InChI=1S/C15H20F3N3O2/c1-22-10-14-4-2-6-21(14)12(3-5-14)9-23-13-19-7-11(8-20-13)15(16,17)18/h7-8,12H,2-6,9-10H2,1H3. The van der Waals surface area contributed by atoms with Crippen molar-refractivity contribution in [3.8, 4) is 6.01 Å². The highest BCUT2D eigenvalue weighted by molar-refractivity contribution is 5.11. The second kappa shape index (κ2) is 6.24. The second-order valence-corrected chi connectivity index (χ2v) is 6.21. The molecule has 0 spiro atoms. The number of methoxy groups -OCH3 is 1. The van der Waals surface area contributed by atoms with Gasteiger partial charge in [0, 0.05) is 31.1 Å². The zero-order valence-corrected chi connectivity index (χ0v) is 13.0. The molecule has 3 heterocycles. The Hall–Kier alpha value is -1.41. The number of nitrogens with zero attached hydrogens (tertiary/aromatic N) is 3. The van der Waals surface area contributed by atoms with Gasteiger partial charge in [-0.25, -0.2) is 9.97 Å². The molecule has 0 aromatic carbocycles. The van der Waals surface area contributed by atoms with Gasteiger partial charge in [0.05, 0.1) is 12.2 Å². The van der Waals surface area contributed by atoms with Gasteiger partial charge in [-0.05, 0) is 32.2 Å². The van der Waals surface area contributed by atoms with Crippen molar-refractivity contribution in [3.63, 3.8) is 0 Å². The smallest absolute Gasteiger partial charge is 0.419 e. The van der Waals surface area contributed by atoms with E-state index in [1.165, 1.54) is 0 Å². The fourth-order valence-electron chi connectivity index (χ4n) is 3.77. The zero-order valence-electron chi connectivity index (χ0n) is 13.0. The number of aromatic nitrogens is 2.